The molecule has 0 aliphatic heterocycles. The Morgan fingerprint density at radius 3 is 2.28 bits per heavy atom. The minimum atomic E-state index is -3.42. The van der Waals surface area contributed by atoms with Gasteiger partial charge in [0, 0.05) is 6.04 Å². The molecule has 0 amide bonds. The van der Waals surface area contributed by atoms with Crippen LogP contribution in [0.2, 0.25) is 10.0 Å². The number of unbranched alkanes of at least 4 members (excludes halogenated alkanes) is 1. The number of rotatable bonds is 6. The molecule has 2 N–H and O–H groups in total. The molecule has 0 bridgehead atoms. The van der Waals surface area contributed by atoms with Gasteiger partial charge in [0.1, 0.15) is 4.90 Å². The lowest BCUT2D eigenvalue weighted by Crippen LogP contribution is -2.15. The van der Waals surface area contributed by atoms with Gasteiger partial charge in [-0.25, -0.2) is 8.42 Å². The molecule has 0 saturated heterocycles. The van der Waals surface area contributed by atoms with Gasteiger partial charge >= 0.3 is 0 Å². The van der Waals surface area contributed by atoms with Gasteiger partial charge in [0.15, 0.2) is 9.84 Å². The molecule has 1 aromatic rings. The van der Waals surface area contributed by atoms with Crippen molar-refractivity contribution in [3.63, 3.8) is 0 Å². The number of hydrogen-bond acceptors (Lipinski definition) is 3. The smallest absolute Gasteiger partial charge is 0.181 e. The molecule has 18 heavy (non-hydrogen) atoms. The predicted octanol–water partition coefficient (Wildman–Crippen LogP) is 3.28. The summed E-state index contributed by atoms with van der Waals surface area (Å²) >= 11 is 11.8. The second-order valence-corrected chi connectivity index (χ2v) is 7.20. The number of hydrogen-bond donors (Lipinski definition) is 1. The molecule has 6 heteroatoms. The van der Waals surface area contributed by atoms with Crippen molar-refractivity contribution in [2.45, 2.75) is 37.1 Å². The van der Waals surface area contributed by atoms with Crippen molar-refractivity contribution >= 4 is 33.0 Å². The molecule has 3 nitrogen and oxygen atoms in total. The van der Waals surface area contributed by atoms with E-state index in [0.717, 1.165) is 12.8 Å². The third kappa shape index (κ3) is 4.43. The summed E-state index contributed by atoms with van der Waals surface area (Å²) in [5.41, 5.74) is 5.61. The molecule has 0 saturated carbocycles. The topological polar surface area (TPSA) is 60.2 Å². The summed E-state index contributed by atoms with van der Waals surface area (Å²) in [7, 11) is -3.42. The van der Waals surface area contributed by atoms with E-state index in [4.69, 9.17) is 28.9 Å². The minimum Gasteiger partial charge on any atom is -0.328 e. The molecule has 0 spiro atoms. The van der Waals surface area contributed by atoms with Crippen LogP contribution in [-0.2, 0) is 9.84 Å². The Morgan fingerprint density at radius 2 is 1.78 bits per heavy atom. The van der Waals surface area contributed by atoms with E-state index < -0.39 is 9.84 Å². The fourth-order valence-electron chi connectivity index (χ4n) is 1.64. The predicted molar refractivity (Wildman–Crippen MR) is 76.0 cm³/mol. The van der Waals surface area contributed by atoms with Gasteiger partial charge in [0.25, 0.3) is 0 Å². The van der Waals surface area contributed by atoms with Gasteiger partial charge < -0.3 is 5.73 Å². The molecule has 0 aliphatic carbocycles. The monoisotopic (exact) mass is 309 g/mol. The van der Waals surface area contributed by atoms with Crippen molar-refractivity contribution in [1.82, 2.24) is 0 Å². The summed E-state index contributed by atoms with van der Waals surface area (Å²) < 4.78 is 24.2. The van der Waals surface area contributed by atoms with Crippen molar-refractivity contribution in [2.24, 2.45) is 5.73 Å². The Balaban J connectivity index is 2.75. The number of nitrogens with two attached hydrogens (primary N) is 1. The zero-order valence-corrected chi connectivity index (χ0v) is 12.5. The van der Waals surface area contributed by atoms with Gasteiger partial charge in [-0.2, -0.15) is 0 Å². The van der Waals surface area contributed by atoms with Crippen LogP contribution < -0.4 is 5.73 Å². The van der Waals surface area contributed by atoms with Crippen LogP contribution in [0.5, 0.6) is 0 Å². The lowest BCUT2D eigenvalue weighted by Gasteiger charge is -2.09. The van der Waals surface area contributed by atoms with Gasteiger partial charge in [-0.3, -0.25) is 0 Å². The normalized spacial score (nSPS) is 13.6. The van der Waals surface area contributed by atoms with Crippen LogP contribution in [0, 0.1) is 0 Å². The highest BCUT2D eigenvalue weighted by molar-refractivity contribution is 7.91. The third-order valence-corrected chi connectivity index (χ3v) is 5.29. The zero-order chi connectivity index (χ0) is 13.8. The van der Waals surface area contributed by atoms with Gasteiger partial charge in [-0.05, 0) is 31.9 Å². The molecule has 1 unspecified atom stereocenters. The van der Waals surface area contributed by atoms with Gasteiger partial charge in [-0.15, -0.1) is 0 Å². The highest BCUT2D eigenvalue weighted by Crippen LogP contribution is 2.30. The van der Waals surface area contributed by atoms with E-state index >= 15 is 0 Å². The average molecular weight is 310 g/mol. The fraction of sp³-hybridized carbons (Fsp3) is 0.500. The van der Waals surface area contributed by atoms with Crippen LogP contribution in [0.3, 0.4) is 0 Å². The van der Waals surface area contributed by atoms with Crippen molar-refractivity contribution in [1.29, 1.82) is 0 Å². The van der Waals surface area contributed by atoms with E-state index in [2.05, 4.69) is 0 Å². The molecular weight excluding hydrogens is 293 g/mol. The van der Waals surface area contributed by atoms with Crippen LogP contribution in [0.4, 0.5) is 0 Å². The molecule has 0 aromatic heterocycles. The minimum absolute atomic E-state index is 0.0362. The second kappa shape index (κ2) is 6.75. The van der Waals surface area contributed by atoms with Crippen molar-refractivity contribution < 1.29 is 8.42 Å². The first kappa shape index (κ1) is 15.8. The average Bonchev–Trinajstić information content (AvgIpc) is 2.23. The standard InChI is InChI=1S/C12H17Cl2NO2S/c1-9(15)5-2-3-8-18(16,17)12-10(13)6-4-7-11(12)14/h4,6-7,9H,2-3,5,8,15H2,1H3. The lowest BCUT2D eigenvalue weighted by atomic mass is 10.2. The van der Waals surface area contributed by atoms with Crippen LogP contribution in [0.1, 0.15) is 26.2 Å². The molecule has 0 heterocycles. The maximum absolute atomic E-state index is 12.1. The number of halogens is 2. The van der Waals surface area contributed by atoms with Gasteiger partial charge in [0.2, 0.25) is 0 Å². The number of benzene rings is 1. The van der Waals surface area contributed by atoms with Crippen LogP contribution >= 0.6 is 23.2 Å². The van der Waals surface area contributed by atoms with Gasteiger partial charge in [-0.1, -0.05) is 35.7 Å². The molecule has 1 atom stereocenters. The SMILES string of the molecule is CC(N)CCCCS(=O)(=O)c1c(Cl)cccc1Cl. The molecular formula is C12H17Cl2NO2S. The molecule has 102 valence electrons. The molecule has 1 rings (SSSR count). The summed E-state index contributed by atoms with van der Waals surface area (Å²) in [4.78, 5) is 0.0362. The van der Waals surface area contributed by atoms with E-state index in [1.54, 1.807) is 6.07 Å². The van der Waals surface area contributed by atoms with Gasteiger partial charge in [0.05, 0.1) is 15.8 Å². The molecule has 1 aromatic carbocycles. The first-order valence-corrected chi connectivity index (χ1v) is 8.18. The van der Waals surface area contributed by atoms with E-state index in [1.807, 2.05) is 6.92 Å². The highest BCUT2D eigenvalue weighted by Gasteiger charge is 2.21. The van der Waals surface area contributed by atoms with Crippen LogP contribution in [-0.4, -0.2) is 20.2 Å². The Bertz CT molecular complexity index is 481. The first-order valence-electron chi connectivity index (χ1n) is 5.77. The maximum Gasteiger partial charge on any atom is 0.181 e. The van der Waals surface area contributed by atoms with E-state index in [9.17, 15) is 8.42 Å². The third-order valence-electron chi connectivity index (χ3n) is 2.55. The van der Waals surface area contributed by atoms with E-state index in [-0.39, 0.29) is 26.7 Å². The Hall–Kier alpha value is -0.290. The summed E-state index contributed by atoms with van der Waals surface area (Å²) in [6, 6.07) is 4.78. The Labute approximate surface area is 118 Å². The maximum atomic E-state index is 12.1. The molecule has 0 fully saturated rings. The number of sulfone groups is 1. The van der Waals surface area contributed by atoms with Crippen LogP contribution in [0.25, 0.3) is 0 Å². The highest BCUT2D eigenvalue weighted by atomic mass is 35.5. The zero-order valence-electron chi connectivity index (χ0n) is 10.2. The summed E-state index contributed by atoms with van der Waals surface area (Å²) in [6.45, 7) is 1.90. The molecule has 0 aliphatic rings. The van der Waals surface area contributed by atoms with Crippen molar-refractivity contribution in [3.8, 4) is 0 Å². The van der Waals surface area contributed by atoms with Crippen molar-refractivity contribution in [2.75, 3.05) is 5.75 Å². The summed E-state index contributed by atoms with van der Waals surface area (Å²) in [5.74, 6) is 0.0448. The summed E-state index contributed by atoms with van der Waals surface area (Å²) in [6.07, 6.45) is 2.15. The first-order chi connectivity index (χ1) is 8.34. The lowest BCUT2D eigenvalue weighted by molar-refractivity contribution is 0.580. The summed E-state index contributed by atoms with van der Waals surface area (Å²) in [5, 5.41) is 0.351. The van der Waals surface area contributed by atoms with Crippen molar-refractivity contribution in [3.05, 3.63) is 28.2 Å². The quantitative estimate of drug-likeness (QED) is 0.820. The largest absolute Gasteiger partial charge is 0.328 e. The Morgan fingerprint density at radius 1 is 1.22 bits per heavy atom. The second-order valence-electron chi connectivity index (χ2n) is 4.34. The van der Waals surface area contributed by atoms with E-state index in [1.165, 1.54) is 12.1 Å². The Kier molecular flexibility index (Phi) is 5.92. The van der Waals surface area contributed by atoms with E-state index in [0.29, 0.717) is 6.42 Å². The van der Waals surface area contributed by atoms with Crippen LogP contribution in [0.15, 0.2) is 23.1 Å². The fourth-order valence-corrected chi connectivity index (χ4v) is 4.26. The molecule has 0 radical (unpaired) electrons.